The maximum Gasteiger partial charge on any atom is 0.330 e. The lowest BCUT2D eigenvalue weighted by Crippen LogP contribution is -2.58. The van der Waals surface area contributed by atoms with E-state index in [0.29, 0.717) is 0 Å². The molecule has 0 N–H and O–H groups in total. The zero-order valence-electron chi connectivity index (χ0n) is 16.1. The van der Waals surface area contributed by atoms with Crippen molar-refractivity contribution in [2.24, 2.45) is 0 Å². The Morgan fingerprint density at radius 2 is 1.76 bits per heavy atom. The summed E-state index contributed by atoms with van der Waals surface area (Å²) in [6.07, 6.45) is 6.12. The zero-order chi connectivity index (χ0) is 18.5. The van der Waals surface area contributed by atoms with Crippen LogP contribution >= 0.6 is 0 Å². The molecule has 1 heterocycles. The molecule has 0 amide bonds. The predicted octanol–water partition coefficient (Wildman–Crippen LogP) is 4.82. The first-order chi connectivity index (χ1) is 11.8. The molecule has 1 aromatic rings. The fraction of sp³-hybridized carbons (Fsp3) is 0.571. The molecule has 0 radical (unpaired) electrons. The molecule has 0 bridgehead atoms. The van der Waals surface area contributed by atoms with Crippen molar-refractivity contribution in [2.45, 2.75) is 71.1 Å². The van der Waals surface area contributed by atoms with Gasteiger partial charge in [-0.1, -0.05) is 36.4 Å². The van der Waals surface area contributed by atoms with Crippen LogP contribution in [0.15, 0.2) is 42.5 Å². The number of hydrogen-bond acceptors (Lipinski definition) is 4. The number of ether oxygens (including phenoxy) is 1. The van der Waals surface area contributed by atoms with Gasteiger partial charge in [0, 0.05) is 17.2 Å². The second kappa shape index (κ2) is 8.15. The van der Waals surface area contributed by atoms with Crippen LogP contribution in [0.5, 0.6) is 0 Å². The molecule has 25 heavy (non-hydrogen) atoms. The van der Waals surface area contributed by atoms with E-state index in [0.717, 1.165) is 18.4 Å². The topological polar surface area (TPSA) is 38.8 Å². The van der Waals surface area contributed by atoms with Crippen molar-refractivity contribution < 1.29 is 14.4 Å². The number of esters is 1. The average Bonchev–Trinajstić information content (AvgIpc) is 2.54. The summed E-state index contributed by atoms with van der Waals surface area (Å²) in [6.45, 7) is 10.8. The summed E-state index contributed by atoms with van der Waals surface area (Å²) in [5, 5.41) is 2.12. The summed E-state index contributed by atoms with van der Waals surface area (Å²) < 4.78 is 5.40. The van der Waals surface area contributed by atoms with Crippen molar-refractivity contribution >= 4 is 5.97 Å². The maximum atomic E-state index is 11.7. The van der Waals surface area contributed by atoms with Gasteiger partial charge in [0.05, 0.1) is 0 Å². The summed E-state index contributed by atoms with van der Waals surface area (Å²) >= 11 is 0. The molecule has 0 aromatic heterocycles. The number of benzene rings is 1. The zero-order valence-corrected chi connectivity index (χ0v) is 16.1. The van der Waals surface area contributed by atoms with Crippen molar-refractivity contribution in [3.8, 4) is 0 Å². The van der Waals surface area contributed by atoms with Crippen LogP contribution in [0.1, 0.15) is 65.5 Å². The lowest BCUT2D eigenvalue weighted by Gasteiger charge is -2.52. The Balaban J connectivity index is 2.21. The molecule has 1 aromatic carbocycles. The molecule has 2 rings (SSSR count). The van der Waals surface area contributed by atoms with E-state index in [4.69, 9.17) is 9.57 Å². The summed E-state index contributed by atoms with van der Waals surface area (Å²) in [4.78, 5) is 18.2. The molecule has 138 valence electrons. The molecule has 0 saturated carbocycles. The first-order valence-electron chi connectivity index (χ1n) is 9.08. The van der Waals surface area contributed by atoms with Gasteiger partial charge in [-0.15, -0.1) is 0 Å². The summed E-state index contributed by atoms with van der Waals surface area (Å²) in [5.74, 6) is -0.343. The summed E-state index contributed by atoms with van der Waals surface area (Å²) in [6, 6.07) is 9.95. The van der Waals surface area contributed by atoms with Gasteiger partial charge in [-0.25, -0.2) is 4.79 Å². The third kappa shape index (κ3) is 5.16. The van der Waals surface area contributed by atoms with E-state index in [1.807, 2.05) is 30.3 Å². The second-order valence-corrected chi connectivity index (χ2v) is 7.91. The van der Waals surface area contributed by atoms with Crippen LogP contribution in [-0.2, 0) is 14.4 Å². The monoisotopic (exact) mass is 345 g/mol. The summed E-state index contributed by atoms with van der Waals surface area (Å²) in [7, 11) is 0. The van der Waals surface area contributed by atoms with Gasteiger partial charge in [0.15, 0.2) is 0 Å². The van der Waals surface area contributed by atoms with Gasteiger partial charge in [-0.05, 0) is 59.4 Å². The molecule has 4 nitrogen and oxygen atoms in total. The van der Waals surface area contributed by atoms with Crippen LogP contribution in [0, 0.1) is 0 Å². The van der Waals surface area contributed by atoms with Crippen molar-refractivity contribution in [1.82, 2.24) is 5.06 Å². The SMILES string of the molecule is CC=CC(=O)OCC(ON1C(C)(C)CCCC1(C)C)c1ccccc1. The van der Waals surface area contributed by atoms with E-state index >= 15 is 0 Å². The van der Waals surface area contributed by atoms with Crippen LogP contribution < -0.4 is 0 Å². The third-order valence-corrected chi connectivity index (χ3v) is 4.76. The van der Waals surface area contributed by atoms with Gasteiger partial charge in [-0.3, -0.25) is 4.84 Å². The molecule has 1 unspecified atom stereocenters. The Kier molecular flexibility index (Phi) is 6.42. The van der Waals surface area contributed by atoms with E-state index in [1.54, 1.807) is 13.0 Å². The average molecular weight is 345 g/mol. The minimum Gasteiger partial charge on any atom is -0.459 e. The van der Waals surface area contributed by atoms with E-state index in [2.05, 4.69) is 32.8 Å². The normalized spacial score (nSPS) is 21.2. The van der Waals surface area contributed by atoms with Crippen LogP contribution in [0.25, 0.3) is 0 Å². The molecule has 0 spiro atoms. The highest BCUT2D eigenvalue weighted by atomic mass is 16.7. The molecule has 1 atom stereocenters. The van der Waals surface area contributed by atoms with Crippen molar-refractivity contribution in [3.05, 3.63) is 48.0 Å². The Hall–Kier alpha value is -1.65. The van der Waals surface area contributed by atoms with E-state index in [1.165, 1.54) is 12.5 Å². The fourth-order valence-electron chi connectivity index (χ4n) is 3.59. The fourth-order valence-corrected chi connectivity index (χ4v) is 3.59. The molecular weight excluding hydrogens is 314 g/mol. The molecule has 0 aliphatic carbocycles. The van der Waals surface area contributed by atoms with Gasteiger partial charge in [-0.2, -0.15) is 5.06 Å². The number of hydrogen-bond donors (Lipinski definition) is 0. The van der Waals surface area contributed by atoms with E-state index in [-0.39, 0.29) is 29.8 Å². The Morgan fingerprint density at radius 3 is 2.32 bits per heavy atom. The van der Waals surface area contributed by atoms with Gasteiger partial charge in [0.25, 0.3) is 0 Å². The molecule has 1 aliphatic heterocycles. The van der Waals surface area contributed by atoms with Crippen LogP contribution in [-0.4, -0.2) is 28.7 Å². The number of carbonyl (C=O) groups is 1. The predicted molar refractivity (Wildman–Crippen MR) is 99.9 cm³/mol. The first kappa shape index (κ1) is 19.7. The lowest BCUT2D eigenvalue weighted by molar-refractivity contribution is -0.311. The van der Waals surface area contributed by atoms with Crippen LogP contribution in [0.2, 0.25) is 0 Å². The van der Waals surface area contributed by atoms with Crippen molar-refractivity contribution in [2.75, 3.05) is 6.61 Å². The number of carbonyl (C=O) groups excluding carboxylic acids is 1. The molecule has 4 heteroatoms. The van der Waals surface area contributed by atoms with Crippen molar-refractivity contribution in [3.63, 3.8) is 0 Å². The molecule has 1 aliphatic rings. The smallest absolute Gasteiger partial charge is 0.330 e. The highest BCUT2D eigenvalue weighted by Crippen LogP contribution is 2.40. The minimum absolute atomic E-state index is 0.0674. The maximum absolute atomic E-state index is 11.7. The van der Waals surface area contributed by atoms with Gasteiger partial charge in [0.2, 0.25) is 0 Å². The van der Waals surface area contributed by atoms with Crippen molar-refractivity contribution in [1.29, 1.82) is 0 Å². The highest BCUT2D eigenvalue weighted by Gasteiger charge is 2.43. The number of allylic oxidation sites excluding steroid dienone is 1. The van der Waals surface area contributed by atoms with Crippen LogP contribution in [0.4, 0.5) is 0 Å². The second-order valence-electron chi connectivity index (χ2n) is 7.91. The Morgan fingerprint density at radius 1 is 1.16 bits per heavy atom. The highest BCUT2D eigenvalue weighted by molar-refractivity contribution is 5.81. The third-order valence-electron chi connectivity index (χ3n) is 4.76. The largest absolute Gasteiger partial charge is 0.459 e. The standard InChI is InChI=1S/C21H31NO3/c1-6-11-19(23)24-16-18(17-12-8-7-9-13-17)25-22-20(2,3)14-10-15-21(22,4)5/h6-9,11-13,18H,10,14-16H2,1-5H3. The number of nitrogens with zero attached hydrogens (tertiary/aromatic N) is 1. The van der Waals surface area contributed by atoms with Gasteiger partial charge in [0.1, 0.15) is 12.7 Å². The Bertz CT molecular complexity index is 576. The van der Waals surface area contributed by atoms with Crippen LogP contribution in [0.3, 0.4) is 0 Å². The van der Waals surface area contributed by atoms with Gasteiger partial charge < -0.3 is 4.74 Å². The Labute approximate surface area is 151 Å². The molecule has 1 saturated heterocycles. The minimum atomic E-state index is -0.343. The first-order valence-corrected chi connectivity index (χ1v) is 9.08. The van der Waals surface area contributed by atoms with E-state index in [9.17, 15) is 4.79 Å². The number of rotatable bonds is 6. The lowest BCUT2D eigenvalue weighted by atomic mass is 9.82. The number of piperidine rings is 1. The molecular formula is C21H31NO3. The molecule has 1 fully saturated rings. The van der Waals surface area contributed by atoms with E-state index < -0.39 is 0 Å². The summed E-state index contributed by atoms with van der Waals surface area (Å²) in [5.41, 5.74) is 0.873. The number of hydroxylamine groups is 2. The quantitative estimate of drug-likeness (QED) is 0.547. The van der Waals surface area contributed by atoms with Gasteiger partial charge >= 0.3 is 5.97 Å².